The number of hydrogen-bond donors (Lipinski definition) is 2. The van der Waals surface area contributed by atoms with Crippen LogP contribution in [0.25, 0.3) is 0 Å². The fourth-order valence-electron chi connectivity index (χ4n) is 2.01. The van der Waals surface area contributed by atoms with Crippen LogP contribution in [0.4, 0.5) is 0 Å². The molecule has 0 bridgehead atoms. The van der Waals surface area contributed by atoms with Gasteiger partial charge >= 0.3 is 5.69 Å². The number of aromatic nitrogens is 3. The first-order chi connectivity index (χ1) is 10.0. The normalized spacial score (nSPS) is 12.6. The summed E-state index contributed by atoms with van der Waals surface area (Å²) in [4.78, 5) is 12.6. The Labute approximate surface area is 132 Å². The van der Waals surface area contributed by atoms with E-state index in [0.29, 0.717) is 16.7 Å². The van der Waals surface area contributed by atoms with Gasteiger partial charge < -0.3 is 5.73 Å². The second kappa shape index (κ2) is 7.15. The molecule has 0 spiro atoms. The number of H-pyrrole nitrogens is 1. The molecule has 0 saturated carbocycles. The molecular weight excluding hydrogens is 308 g/mol. The minimum absolute atomic E-state index is 0.0714. The van der Waals surface area contributed by atoms with E-state index in [1.54, 1.807) is 4.57 Å². The second-order valence-electron chi connectivity index (χ2n) is 5.00. The van der Waals surface area contributed by atoms with Crippen LogP contribution in [0.3, 0.4) is 0 Å². The molecule has 3 N–H and O–H groups in total. The summed E-state index contributed by atoms with van der Waals surface area (Å²) in [6, 6.07) is 5.91. The molecule has 1 atom stereocenters. The van der Waals surface area contributed by atoms with Gasteiger partial charge in [-0.1, -0.05) is 24.6 Å². The molecule has 5 nitrogen and oxygen atoms in total. The molecule has 21 heavy (non-hydrogen) atoms. The third-order valence-electron chi connectivity index (χ3n) is 2.95. The van der Waals surface area contributed by atoms with Gasteiger partial charge in [0.15, 0.2) is 5.16 Å². The van der Waals surface area contributed by atoms with Gasteiger partial charge in [-0.25, -0.2) is 9.89 Å². The van der Waals surface area contributed by atoms with Crippen molar-refractivity contribution in [1.29, 1.82) is 0 Å². The lowest BCUT2D eigenvalue weighted by atomic mass is 10.1. The molecule has 0 aliphatic rings. The van der Waals surface area contributed by atoms with E-state index in [2.05, 4.69) is 10.2 Å². The smallest absolute Gasteiger partial charge is 0.328 e. The van der Waals surface area contributed by atoms with E-state index in [9.17, 15) is 4.79 Å². The molecule has 7 heteroatoms. The minimum atomic E-state index is -0.181. The van der Waals surface area contributed by atoms with Gasteiger partial charge in [-0.05, 0) is 49.2 Å². The number of halogens is 1. The number of nitrogens with two attached hydrogens (primary N) is 1. The van der Waals surface area contributed by atoms with E-state index < -0.39 is 0 Å². The van der Waals surface area contributed by atoms with Gasteiger partial charge in [-0.15, -0.1) is 5.10 Å². The molecule has 2 rings (SSSR count). The van der Waals surface area contributed by atoms with E-state index >= 15 is 0 Å². The first-order valence-corrected chi connectivity index (χ1v) is 8.07. The van der Waals surface area contributed by atoms with Gasteiger partial charge in [-0.3, -0.25) is 4.57 Å². The van der Waals surface area contributed by atoms with Crippen LogP contribution in [0.2, 0.25) is 5.02 Å². The molecule has 2 aromatic rings. The molecule has 1 aromatic carbocycles. The van der Waals surface area contributed by atoms with Gasteiger partial charge in [0.1, 0.15) is 0 Å². The molecule has 1 unspecified atom stereocenters. The fourth-order valence-corrected chi connectivity index (χ4v) is 3.23. The van der Waals surface area contributed by atoms with Crippen molar-refractivity contribution in [3.8, 4) is 0 Å². The van der Waals surface area contributed by atoms with Crippen LogP contribution < -0.4 is 11.4 Å². The number of benzene rings is 1. The maximum Gasteiger partial charge on any atom is 0.343 e. The Hall–Kier alpha value is -1.24. The summed E-state index contributed by atoms with van der Waals surface area (Å²) in [7, 11) is 0. The fraction of sp³-hybridized carbons (Fsp3) is 0.429. The molecule has 0 saturated heterocycles. The lowest BCUT2D eigenvalue weighted by Crippen LogP contribution is -2.18. The first-order valence-electron chi connectivity index (χ1n) is 6.88. The first kappa shape index (κ1) is 16.1. The topological polar surface area (TPSA) is 76.7 Å². The van der Waals surface area contributed by atoms with Gasteiger partial charge in [0.2, 0.25) is 0 Å². The Bertz CT molecular complexity index is 665. The maximum absolute atomic E-state index is 11.7. The third kappa shape index (κ3) is 4.12. The van der Waals surface area contributed by atoms with Gasteiger partial charge in [-0.2, -0.15) is 0 Å². The van der Waals surface area contributed by atoms with Gasteiger partial charge in [0, 0.05) is 22.5 Å². The highest BCUT2D eigenvalue weighted by molar-refractivity contribution is 7.99. The summed E-state index contributed by atoms with van der Waals surface area (Å²) in [6.45, 7) is 4.62. The van der Waals surface area contributed by atoms with Crippen LogP contribution in [0, 0.1) is 0 Å². The summed E-state index contributed by atoms with van der Waals surface area (Å²) >= 11 is 7.70. The van der Waals surface area contributed by atoms with Crippen molar-refractivity contribution in [3.63, 3.8) is 0 Å². The number of nitrogens with zero attached hydrogens (tertiary/aromatic N) is 2. The molecule has 0 aliphatic heterocycles. The highest BCUT2D eigenvalue weighted by Crippen LogP contribution is 2.29. The maximum atomic E-state index is 11.7. The summed E-state index contributed by atoms with van der Waals surface area (Å²) in [5.41, 5.74) is 6.64. The molecule has 1 heterocycles. The quantitative estimate of drug-likeness (QED) is 0.855. The molecule has 0 fully saturated rings. The second-order valence-corrected chi connectivity index (χ2v) is 6.45. The number of aromatic amines is 1. The predicted molar refractivity (Wildman–Crippen MR) is 86.1 cm³/mol. The van der Waals surface area contributed by atoms with Crippen molar-refractivity contribution in [3.05, 3.63) is 39.3 Å². The Morgan fingerprint density at radius 3 is 2.90 bits per heavy atom. The van der Waals surface area contributed by atoms with Crippen molar-refractivity contribution < 1.29 is 0 Å². The van der Waals surface area contributed by atoms with Crippen LogP contribution in [0.5, 0.6) is 0 Å². The zero-order valence-electron chi connectivity index (χ0n) is 12.1. The number of hydrogen-bond acceptors (Lipinski definition) is 4. The summed E-state index contributed by atoms with van der Waals surface area (Å²) < 4.78 is 1.63. The predicted octanol–water partition coefficient (Wildman–Crippen LogP) is 2.68. The van der Waals surface area contributed by atoms with Gasteiger partial charge in [0.05, 0.1) is 0 Å². The van der Waals surface area contributed by atoms with Gasteiger partial charge in [0.25, 0.3) is 0 Å². The number of nitrogens with one attached hydrogen (secondary N) is 1. The lowest BCUT2D eigenvalue weighted by Gasteiger charge is -2.09. The zero-order valence-corrected chi connectivity index (χ0v) is 13.7. The van der Waals surface area contributed by atoms with Crippen LogP contribution in [-0.2, 0) is 13.0 Å². The highest BCUT2D eigenvalue weighted by atomic mass is 35.5. The Morgan fingerprint density at radius 2 is 2.29 bits per heavy atom. The standard InChI is InChI=1S/C14H19ClN4OS/c1-3-6-19-13(20)17-18-14(19)21-11-5-4-10(7-9(2)16)12(15)8-11/h4-5,8-9H,3,6-7,16H2,1-2H3,(H,17,20). The monoisotopic (exact) mass is 326 g/mol. The summed E-state index contributed by atoms with van der Waals surface area (Å²) in [5, 5.41) is 7.88. The zero-order chi connectivity index (χ0) is 15.4. The van der Waals surface area contributed by atoms with E-state index in [1.165, 1.54) is 11.8 Å². The van der Waals surface area contributed by atoms with Crippen LogP contribution in [0.15, 0.2) is 33.0 Å². The van der Waals surface area contributed by atoms with Crippen molar-refractivity contribution in [2.75, 3.05) is 0 Å². The molecule has 1 aromatic heterocycles. The third-order valence-corrected chi connectivity index (χ3v) is 4.28. The molecule has 0 radical (unpaired) electrons. The van der Waals surface area contributed by atoms with E-state index in [0.717, 1.165) is 23.3 Å². The molecule has 0 amide bonds. The number of rotatable bonds is 6. The van der Waals surface area contributed by atoms with E-state index in [4.69, 9.17) is 17.3 Å². The molecule has 114 valence electrons. The van der Waals surface area contributed by atoms with Crippen LogP contribution in [-0.4, -0.2) is 20.8 Å². The Kier molecular flexibility index (Phi) is 5.50. The highest BCUT2D eigenvalue weighted by Gasteiger charge is 2.11. The summed E-state index contributed by atoms with van der Waals surface area (Å²) in [6.07, 6.45) is 1.62. The summed E-state index contributed by atoms with van der Waals surface area (Å²) in [5.74, 6) is 0. The minimum Gasteiger partial charge on any atom is -0.328 e. The SMILES string of the molecule is CCCn1c(Sc2ccc(CC(C)N)c(Cl)c2)n[nH]c1=O. The Balaban J connectivity index is 2.20. The van der Waals surface area contributed by atoms with Crippen LogP contribution in [0.1, 0.15) is 25.8 Å². The Morgan fingerprint density at radius 1 is 1.52 bits per heavy atom. The van der Waals surface area contributed by atoms with E-state index in [1.807, 2.05) is 32.0 Å². The van der Waals surface area contributed by atoms with Crippen molar-refractivity contribution in [2.24, 2.45) is 5.73 Å². The van der Waals surface area contributed by atoms with Crippen LogP contribution >= 0.6 is 23.4 Å². The average Bonchev–Trinajstić information content (AvgIpc) is 2.75. The largest absolute Gasteiger partial charge is 0.343 e. The van der Waals surface area contributed by atoms with Crippen molar-refractivity contribution in [1.82, 2.24) is 14.8 Å². The van der Waals surface area contributed by atoms with Crippen molar-refractivity contribution >= 4 is 23.4 Å². The molecule has 0 aliphatic carbocycles. The molecular formula is C14H19ClN4OS. The van der Waals surface area contributed by atoms with Crippen molar-refractivity contribution in [2.45, 2.75) is 49.3 Å². The van der Waals surface area contributed by atoms with E-state index in [-0.39, 0.29) is 11.7 Å². The lowest BCUT2D eigenvalue weighted by molar-refractivity contribution is 0.604. The average molecular weight is 327 g/mol.